The van der Waals surface area contributed by atoms with Crippen LogP contribution in [-0.4, -0.2) is 0 Å². The zero-order chi connectivity index (χ0) is 6.53. The van der Waals surface area contributed by atoms with E-state index in [2.05, 4.69) is 11.1 Å². The van der Waals surface area contributed by atoms with Crippen LogP contribution < -0.4 is 0 Å². The molecule has 0 N–H and O–H groups in total. The van der Waals surface area contributed by atoms with Crippen LogP contribution in [0.15, 0.2) is 30.3 Å². The fraction of sp³-hybridized carbons (Fsp3) is 0. The molecule has 2 heteroatoms. The summed E-state index contributed by atoms with van der Waals surface area (Å²) in [5, 5.41) is 12.1. The van der Waals surface area contributed by atoms with Gasteiger partial charge in [0.25, 0.3) is 0 Å². The molecule has 1 aromatic rings. The number of hydrogen-bond acceptors (Lipinski definition) is 1. The van der Waals surface area contributed by atoms with Crippen LogP contribution in [0, 0.1) is 11.3 Å². The summed E-state index contributed by atoms with van der Waals surface area (Å²) in [6.45, 7) is 0. The number of hydrogen-bond donors (Lipinski definition) is 0. The van der Waals surface area contributed by atoms with Crippen LogP contribution in [0.1, 0.15) is 5.56 Å². The van der Waals surface area contributed by atoms with E-state index in [-0.39, 0.29) is 0 Å². The molecule has 44 valence electrons. The van der Waals surface area contributed by atoms with Crippen LogP contribution in [0.2, 0.25) is 0 Å². The Labute approximate surface area is 53.1 Å². The maximum atomic E-state index is 9.61. The molecule has 0 radical (unpaired) electrons. The molecule has 0 unspecified atom stereocenters. The molecular weight excluding hydrogens is 114 g/mol. The first-order valence-corrected chi connectivity index (χ1v) is 2.57. The molecule has 0 saturated carbocycles. The highest BCUT2D eigenvalue weighted by atomic mass is 16.4. The van der Waals surface area contributed by atoms with Crippen molar-refractivity contribution in [2.24, 2.45) is 0 Å². The zero-order valence-corrected chi connectivity index (χ0v) is 4.74. The van der Waals surface area contributed by atoms with Gasteiger partial charge in [-0.25, -0.2) is 0 Å². The van der Waals surface area contributed by atoms with E-state index in [1.54, 1.807) is 12.1 Å². The molecule has 0 aliphatic rings. The fourth-order valence-electron chi connectivity index (χ4n) is 0.565. The summed E-state index contributed by atoms with van der Waals surface area (Å²) < 4.78 is 0. The van der Waals surface area contributed by atoms with Crippen LogP contribution in [0.3, 0.4) is 0 Å². The highest BCUT2D eigenvalue weighted by molar-refractivity contribution is 5.30. The molecule has 1 rings (SSSR count). The summed E-state index contributed by atoms with van der Waals surface area (Å²) in [5.41, 5.74) is 0.715. The summed E-state index contributed by atoms with van der Waals surface area (Å²) in [7, 11) is 0. The lowest BCUT2D eigenvalue weighted by atomic mass is 10.2. The fourth-order valence-corrected chi connectivity index (χ4v) is 0.565. The third-order valence-corrected chi connectivity index (χ3v) is 0.949. The van der Waals surface area contributed by atoms with E-state index in [0.29, 0.717) is 5.56 Å². The third-order valence-electron chi connectivity index (χ3n) is 0.949. The van der Waals surface area contributed by atoms with E-state index >= 15 is 0 Å². The van der Waals surface area contributed by atoms with Crippen molar-refractivity contribution in [1.82, 2.24) is 0 Å². The highest BCUT2D eigenvalue weighted by Crippen LogP contribution is 1.94. The van der Waals surface area contributed by atoms with Crippen molar-refractivity contribution in [3.05, 3.63) is 46.1 Å². The molecule has 0 amide bonds. The Morgan fingerprint density at radius 2 is 1.89 bits per heavy atom. The average molecular weight is 119 g/mol. The van der Waals surface area contributed by atoms with E-state index < -0.39 is 0 Å². The first-order valence-electron chi connectivity index (χ1n) is 2.57. The Morgan fingerprint density at radius 1 is 1.22 bits per heavy atom. The summed E-state index contributed by atoms with van der Waals surface area (Å²) in [5.74, 6) is 0. The largest absolute Gasteiger partial charge is 0.498 e. The molecular formula is C7H5NO. The van der Waals surface area contributed by atoms with Gasteiger partial charge in [-0.2, -0.15) is 0 Å². The second-order valence-corrected chi connectivity index (χ2v) is 1.57. The standard InChI is InChI=1S/C7H5NO/c9-8-6-7-4-2-1-3-5-7/h1-5H. The lowest BCUT2D eigenvalue weighted by Crippen LogP contribution is -1.66. The molecule has 0 aromatic heterocycles. The van der Waals surface area contributed by atoms with Gasteiger partial charge in [0.2, 0.25) is 0 Å². The summed E-state index contributed by atoms with van der Waals surface area (Å²) in [6.07, 6.45) is 0. The maximum Gasteiger partial charge on any atom is 0.336 e. The number of benzene rings is 1. The van der Waals surface area contributed by atoms with Crippen LogP contribution in [0.4, 0.5) is 0 Å². The van der Waals surface area contributed by atoms with Gasteiger partial charge in [0, 0.05) is 5.01 Å². The Morgan fingerprint density at radius 3 is 2.44 bits per heavy atom. The van der Waals surface area contributed by atoms with E-state index in [1.807, 2.05) is 18.2 Å². The quantitative estimate of drug-likeness (QED) is 0.479. The molecule has 0 aliphatic heterocycles. The van der Waals surface area contributed by atoms with E-state index in [0.717, 1.165) is 0 Å². The normalized spacial score (nSPS) is 7.56. The van der Waals surface area contributed by atoms with Crippen molar-refractivity contribution >= 4 is 0 Å². The predicted molar refractivity (Wildman–Crippen MR) is 36.2 cm³/mol. The lowest BCUT2D eigenvalue weighted by Gasteiger charge is -1.77. The molecule has 0 atom stereocenters. The van der Waals surface area contributed by atoms with Gasteiger partial charge in [0.05, 0.1) is 0 Å². The maximum absolute atomic E-state index is 9.61. The summed E-state index contributed by atoms with van der Waals surface area (Å²) in [4.78, 5) is 0. The van der Waals surface area contributed by atoms with Gasteiger partial charge in [-0.15, -0.1) is 0 Å². The van der Waals surface area contributed by atoms with Gasteiger partial charge in [-0.3, -0.25) is 0 Å². The molecule has 0 heterocycles. The van der Waals surface area contributed by atoms with Crippen LogP contribution in [0.25, 0.3) is 5.01 Å². The van der Waals surface area contributed by atoms with Gasteiger partial charge in [0.1, 0.15) is 5.56 Å². The van der Waals surface area contributed by atoms with E-state index in [4.69, 9.17) is 0 Å². The second-order valence-electron chi connectivity index (χ2n) is 1.57. The lowest BCUT2D eigenvalue weighted by molar-refractivity contribution is 1.64. The molecule has 0 fully saturated rings. The minimum atomic E-state index is 0.715. The molecule has 0 saturated heterocycles. The number of nitrogens with zero attached hydrogens (tertiary/aromatic N) is 1. The molecule has 1 aromatic carbocycles. The topological polar surface area (TPSA) is 27.4 Å². The van der Waals surface area contributed by atoms with Crippen molar-refractivity contribution in [3.8, 4) is 6.07 Å². The molecule has 2 nitrogen and oxygen atoms in total. The second kappa shape index (κ2) is 2.73. The van der Waals surface area contributed by atoms with Gasteiger partial charge in [0.15, 0.2) is 0 Å². The predicted octanol–water partition coefficient (Wildman–Crippen LogP) is 1.87. The van der Waals surface area contributed by atoms with Gasteiger partial charge >= 0.3 is 6.07 Å². The van der Waals surface area contributed by atoms with Crippen molar-refractivity contribution in [2.45, 2.75) is 0 Å². The SMILES string of the molecule is [O-][N+]#Cc1ccccc1. The minimum absolute atomic E-state index is 0.715. The van der Waals surface area contributed by atoms with Crippen molar-refractivity contribution in [1.29, 1.82) is 0 Å². The van der Waals surface area contributed by atoms with Crippen LogP contribution in [0.5, 0.6) is 0 Å². The number of rotatable bonds is 0. The first-order chi connectivity index (χ1) is 4.43. The first kappa shape index (κ1) is 5.64. The van der Waals surface area contributed by atoms with Crippen LogP contribution in [-0.2, 0) is 0 Å². The average Bonchev–Trinajstić information content (AvgIpc) is 1.91. The van der Waals surface area contributed by atoms with Crippen molar-refractivity contribution in [2.75, 3.05) is 0 Å². The summed E-state index contributed by atoms with van der Waals surface area (Å²) in [6, 6.07) is 11.3. The zero-order valence-electron chi connectivity index (χ0n) is 4.74. The molecule has 0 bridgehead atoms. The molecule has 9 heavy (non-hydrogen) atoms. The van der Waals surface area contributed by atoms with E-state index in [9.17, 15) is 5.21 Å². The monoisotopic (exact) mass is 119 g/mol. The van der Waals surface area contributed by atoms with Gasteiger partial charge in [-0.05, 0) is 12.1 Å². The Hall–Kier alpha value is -1.49. The highest BCUT2D eigenvalue weighted by Gasteiger charge is 1.86. The Balaban J connectivity index is 2.94. The minimum Gasteiger partial charge on any atom is -0.498 e. The third kappa shape index (κ3) is 1.46. The van der Waals surface area contributed by atoms with Crippen LogP contribution >= 0.6 is 0 Å². The van der Waals surface area contributed by atoms with Crippen molar-refractivity contribution in [3.63, 3.8) is 0 Å². The molecule has 0 aliphatic carbocycles. The Kier molecular flexibility index (Phi) is 1.71. The smallest absolute Gasteiger partial charge is 0.336 e. The van der Waals surface area contributed by atoms with Gasteiger partial charge < -0.3 is 5.21 Å². The Bertz CT molecular complexity index is 232. The van der Waals surface area contributed by atoms with E-state index in [1.165, 1.54) is 0 Å². The summed E-state index contributed by atoms with van der Waals surface area (Å²) >= 11 is 0. The van der Waals surface area contributed by atoms with Crippen molar-refractivity contribution < 1.29 is 0 Å². The molecule has 0 spiro atoms. The van der Waals surface area contributed by atoms with Gasteiger partial charge in [-0.1, -0.05) is 18.2 Å².